The summed E-state index contributed by atoms with van der Waals surface area (Å²) in [5.41, 5.74) is 1.81. The van der Waals surface area contributed by atoms with Crippen LogP contribution in [-0.2, 0) is 6.54 Å². The predicted octanol–water partition coefficient (Wildman–Crippen LogP) is 3.36. The first kappa shape index (κ1) is 12.5. The molecular weight excluding hydrogens is 254 g/mol. The predicted molar refractivity (Wildman–Crippen MR) is 72.4 cm³/mol. The average molecular weight is 268 g/mol. The zero-order chi connectivity index (χ0) is 12.1. The molecule has 0 unspecified atom stereocenters. The van der Waals surface area contributed by atoms with E-state index in [2.05, 4.69) is 22.2 Å². The standard InChI is InChI=1S/C12H14ClN3S/c1-2-5-14-7-9-8-17-12(16-9)11-10(13)4-3-6-15-11/h3-4,6,8,14H,2,5,7H2,1H3. The molecular formula is C12H14ClN3S. The second-order valence-electron chi connectivity index (χ2n) is 3.65. The molecule has 2 aromatic heterocycles. The topological polar surface area (TPSA) is 37.8 Å². The van der Waals surface area contributed by atoms with E-state index in [0.717, 1.165) is 35.9 Å². The Morgan fingerprint density at radius 2 is 2.35 bits per heavy atom. The van der Waals surface area contributed by atoms with Crippen molar-refractivity contribution in [3.05, 3.63) is 34.4 Å². The van der Waals surface area contributed by atoms with Crippen molar-refractivity contribution in [2.24, 2.45) is 0 Å². The second kappa shape index (κ2) is 6.10. The van der Waals surface area contributed by atoms with Crippen LogP contribution in [0.4, 0.5) is 0 Å². The summed E-state index contributed by atoms with van der Waals surface area (Å²) in [5.74, 6) is 0. The molecule has 0 bridgehead atoms. The van der Waals surface area contributed by atoms with Crippen molar-refractivity contribution < 1.29 is 0 Å². The first-order chi connectivity index (χ1) is 8.31. The third-order valence-corrected chi connectivity index (χ3v) is 3.45. The summed E-state index contributed by atoms with van der Waals surface area (Å²) in [6.07, 6.45) is 2.86. The Morgan fingerprint density at radius 1 is 1.47 bits per heavy atom. The van der Waals surface area contributed by atoms with Crippen molar-refractivity contribution in [3.8, 4) is 10.7 Å². The molecule has 2 rings (SSSR count). The highest BCUT2D eigenvalue weighted by Crippen LogP contribution is 2.27. The molecule has 90 valence electrons. The van der Waals surface area contributed by atoms with Gasteiger partial charge in [-0.1, -0.05) is 18.5 Å². The Bertz CT molecular complexity index is 484. The number of halogens is 1. The van der Waals surface area contributed by atoms with Crippen LogP contribution in [0.15, 0.2) is 23.7 Å². The molecule has 0 amide bonds. The molecule has 3 nitrogen and oxygen atoms in total. The smallest absolute Gasteiger partial charge is 0.143 e. The first-order valence-corrected chi connectivity index (χ1v) is 6.83. The van der Waals surface area contributed by atoms with Gasteiger partial charge in [0.15, 0.2) is 0 Å². The van der Waals surface area contributed by atoms with Gasteiger partial charge in [0, 0.05) is 18.1 Å². The van der Waals surface area contributed by atoms with Gasteiger partial charge in [-0.2, -0.15) is 0 Å². The maximum Gasteiger partial charge on any atom is 0.143 e. The van der Waals surface area contributed by atoms with Crippen LogP contribution in [0.25, 0.3) is 10.7 Å². The van der Waals surface area contributed by atoms with E-state index in [0.29, 0.717) is 5.02 Å². The van der Waals surface area contributed by atoms with Crippen LogP contribution in [0, 0.1) is 0 Å². The molecule has 0 aromatic carbocycles. The molecule has 1 N–H and O–H groups in total. The number of pyridine rings is 1. The summed E-state index contributed by atoms with van der Waals surface area (Å²) in [5, 5.41) is 6.89. The van der Waals surface area contributed by atoms with Crippen LogP contribution in [0.3, 0.4) is 0 Å². The second-order valence-corrected chi connectivity index (χ2v) is 4.92. The van der Waals surface area contributed by atoms with Crippen LogP contribution in [-0.4, -0.2) is 16.5 Å². The van der Waals surface area contributed by atoms with E-state index in [1.54, 1.807) is 17.5 Å². The fourth-order valence-corrected chi connectivity index (χ4v) is 2.53. The Balaban J connectivity index is 2.10. The number of hydrogen-bond acceptors (Lipinski definition) is 4. The Hall–Kier alpha value is -0.970. The SMILES string of the molecule is CCCNCc1csc(-c2ncccc2Cl)n1. The van der Waals surface area contributed by atoms with Crippen LogP contribution in [0.5, 0.6) is 0 Å². The van der Waals surface area contributed by atoms with Crippen molar-refractivity contribution in [1.82, 2.24) is 15.3 Å². The lowest BCUT2D eigenvalue weighted by atomic mass is 10.3. The van der Waals surface area contributed by atoms with Crippen LogP contribution in [0.1, 0.15) is 19.0 Å². The van der Waals surface area contributed by atoms with Gasteiger partial charge in [0.1, 0.15) is 10.7 Å². The van der Waals surface area contributed by atoms with Gasteiger partial charge < -0.3 is 5.32 Å². The zero-order valence-electron chi connectivity index (χ0n) is 9.61. The maximum absolute atomic E-state index is 6.08. The summed E-state index contributed by atoms with van der Waals surface area (Å²) in [6, 6.07) is 3.66. The summed E-state index contributed by atoms with van der Waals surface area (Å²) in [4.78, 5) is 8.78. The summed E-state index contributed by atoms with van der Waals surface area (Å²) < 4.78 is 0. The Kier molecular flexibility index (Phi) is 4.48. The molecule has 0 radical (unpaired) electrons. The average Bonchev–Trinajstić information content (AvgIpc) is 2.79. The zero-order valence-corrected chi connectivity index (χ0v) is 11.2. The number of hydrogen-bond donors (Lipinski definition) is 1. The minimum Gasteiger partial charge on any atom is -0.311 e. The van der Waals surface area contributed by atoms with Crippen LogP contribution >= 0.6 is 22.9 Å². The molecule has 2 aromatic rings. The van der Waals surface area contributed by atoms with E-state index in [4.69, 9.17) is 11.6 Å². The maximum atomic E-state index is 6.08. The first-order valence-electron chi connectivity index (χ1n) is 5.57. The van der Waals surface area contributed by atoms with Gasteiger partial charge in [0.25, 0.3) is 0 Å². The molecule has 0 aliphatic heterocycles. The molecule has 0 saturated carbocycles. The van der Waals surface area contributed by atoms with E-state index in [1.165, 1.54) is 0 Å². The van der Waals surface area contributed by atoms with E-state index >= 15 is 0 Å². The number of nitrogens with one attached hydrogen (secondary N) is 1. The summed E-state index contributed by atoms with van der Waals surface area (Å²) in [7, 11) is 0. The number of nitrogens with zero attached hydrogens (tertiary/aromatic N) is 2. The molecule has 5 heteroatoms. The summed E-state index contributed by atoms with van der Waals surface area (Å²) >= 11 is 7.66. The monoisotopic (exact) mass is 267 g/mol. The van der Waals surface area contributed by atoms with Crippen LogP contribution < -0.4 is 5.32 Å². The van der Waals surface area contributed by atoms with E-state index < -0.39 is 0 Å². The quantitative estimate of drug-likeness (QED) is 0.844. The lowest BCUT2D eigenvalue weighted by Crippen LogP contribution is -2.13. The van der Waals surface area contributed by atoms with Gasteiger partial charge in [-0.15, -0.1) is 11.3 Å². The van der Waals surface area contributed by atoms with E-state index in [9.17, 15) is 0 Å². The van der Waals surface area contributed by atoms with Gasteiger partial charge >= 0.3 is 0 Å². The van der Waals surface area contributed by atoms with Gasteiger partial charge in [-0.3, -0.25) is 4.98 Å². The molecule has 17 heavy (non-hydrogen) atoms. The van der Waals surface area contributed by atoms with Crippen molar-refractivity contribution in [2.75, 3.05) is 6.54 Å². The number of aromatic nitrogens is 2. The van der Waals surface area contributed by atoms with Crippen molar-refractivity contribution in [1.29, 1.82) is 0 Å². The minimum absolute atomic E-state index is 0.648. The molecule has 2 heterocycles. The fourth-order valence-electron chi connectivity index (χ4n) is 1.43. The molecule has 0 saturated heterocycles. The van der Waals surface area contributed by atoms with Crippen LogP contribution in [0.2, 0.25) is 5.02 Å². The third-order valence-electron chi connectivity index (χ3n) is 2.25. The number of rotatable bonds is 5. The minimum atomic E-state index is 0.648. The van der Waals surface area contributed by atoms with E-state index in [-0.39, 0.29) is 0 Å². The van der Waals surface area contributed by atoms with Crippen molar-refractivity contribution >= 4 is 22.9 Å². The lowest BCUT2D eigenvalue weighted by molar-refractivity contribution is 0.667. The fraction of sp³-hybridized carbons (Fsp3) is 0.333. The molecule has 0 fully saturated rings. The van der Waals surface area contributed by atoms with Gasteiger partial charge in [-0.25, -0.2) is 4.98 Å². The van der Waals surface area contributed by atoms with Gasteiger partial charge in [0.2, 0.25) is 0 Å². The Labute approximate surface area is 110 Å². The molecule has 0 aliphatic rings. The largest absolute Gasteiger partial charge is 0.311 e. The van der Waals surface area contributed by atoms with E-state index in [1.807, 2.05) is 17.5 Å². The Morgan fingerprint density at radius 3 is 3.12 bits per heavy atom. The lowest BCUT2D eigenvalue weighted by Gasteiger charge is -1.99. The molecule has 0 atom stereocenters. The number of thiazole rings is 1. The normalized spacial score (nSPS) is 10.7. The molecule has 0 spiro atoms. The third kappa shape index (κ3) is 3.25. The van der Waals surface area contributed by atoms with Crippen molar-refractivity contribution in [2.45, 2.75) is 19.9 Å². The van der Waals surface area contributed by atoms with Crippen molar-refractivity contribution in [3.63, 3.8) is 0 Å². The van der Waals surface area contributed by atoms with Gasteiger partial charge in [-0.05, 0) is 25.1 Å². The highest BCUT2D eigenvalue weighted by molar-refractivity contribution is 7.13. The van der Waals surface area contributed by atoms with Gasteiger partial charge in [0.05, 0.1) is 10.7 Å². The molecule has 0 aliphatic carbocycles. The highest BCUT2D eigenvalue weighted by Gasteiger charge is 2.08. The summed E-state index contributed by atoms with van der Waals surface area (Å²) in [6.45, 7) is 3.96. The highest BCUT2D eigenvalue weighted by atomic mass is 35.5.